The van der Waals surface area contributed by atoms with Crippen molar-refractivity contribution in [2.24, 2.45) is 0 Å². The number of rotatable bonds is 5. The monoisotopic (exact) mass is 399 g/mol. The smallest absolute Gasteiger partial charge is 0.339 e. The van der Waals surface area contributed by atoms with E-state index in [-0.39, 0.29) is 16.4 Å². The van der Waals surface area contributed by atoms with Crippen molar-refractivity contribution in [3.63, 3.8) is 0 Å². The highest BCUT2D eigenvalue weighted by molar-refractivity contribution is 6.34. The first-order chi connectivity index (χ1) is 13.5. The third kappa shape index (κ3) is 4.27. The number of aromatic nitrogens is 1. The first-order valence-electron chi connectivity index (χ1n) is 8.15. The number of carbonyl (C=O) groups excluding carboxylic acids is 2. The Morgan fingerprint density at radius 1 is 1.07 bits per heavy atom. The minimum absolute atomic E-state index is 0.00945. The number of hydrogen-bond donors (Lipinski definition) is 2. The predicted octanol–water partition coefficient (Wildman–Crippen LogP) is 4.66. The quantitative estimate of drug-likeness (QED) is 0.610. The molecule has 8 heteroatoms. The second kappa shape index (κ2) is 8.49. The predicted molar refractivity (Wildman–Crippen MR) is 105 cm³/mol. The number of ether oxygens (including phenoxy) is 1. The fourth-order valence-electron chi connectivity index (χ4n) is 2.47. The van der Waals surface area contributed by atoms with E-state index < -0.39 is 17.7 Å². The number of nitrogens with zero attached hydrogens (tertiary/aromatic N) is 1. The molecule has 0 aliphatic carbocycles. The third-order valence-electron chi connectivity index (χ3n) is 3.81. The Bertz CT molecular complexity index is 1010. The molecule has 0 spiro atoms. The van der Waals surface area contributed by atoms with Crippen LogP contribution in [0.4, 0.5) is 21.6 Å². The summed E-state index contributed by atoms with van der Waals surface area (Å²) in [7, 11) is 1.31. The van der Waals surface area contributed by atoms with Gasteiger partial charge in [0.2, 0.25) is 0 Å². The van der Waals surface area contributed by atoms with E-state index in [9.17, 15) is 14.0 Å². The molecule has 0 aliphatic rings. The molecule has 3 aromatic rings. The summed E-state index contributed by atoms with van der Waals surface area (Å²) in [6, 6.07) is 14.0. The lowest BCUT2D eigenvalue weighted by atomic mass is 10.1. The number of para-hydroxylation sites is 1. The van der Waals surface area contributed by atoms with Gasteiger partial charge >= 0.3 is 5.97 Å². The molecule has 1 aromatic heterocycles. The van der Waals surface area contributed by atoms with Gasteiger partial charge in [-0.2, -0.15) is 0 Å². The van der Waals surface area contributed by atoms with Gasteiger partial charge in [0, 0.05) is 0 Å². The van der Waals surface area contributed by atoms with Gasteiger partial charge in [-0.1, -0.05) is 29.8 Å². The van der Waals surface area contributed by atoms with Crippen LogP contribution < -0.4 is 10.6 Å². The number of nitrogens with one attached hydrogen (secondary N) is 2. The third-order valence-corrected chi connectivity index (χ3v) is 4.12. The van der Waals surface area contributed by atoms with E-state index >= 15 is 0 Å². The summed E-state index contributed by atoms with van der Waals surface area (Å²) in [6.07, 6.45) is 1.46. The zero-order valence-corrected chi connectivity index (χ0v) is 15.5. The number of amides is 1. The molecule has 0 atom stereocenters. The van der Waals surface area contributed by atoms with Gasteiger partial charge in [0.25, 0.3) is 5.91 Å². The van der Waals surface area contributed by atoms with Gasteiger partial charge in [0.05, 0.1) is 40.8 Å². The average Bonchev–Trinajstić information content (AvgIpc) is 2.69. The second-order valence-electron chi connectivity index (χ2n) is 5.65. The van der Waals surface area contributed by atoms with Gasteiger partial charge in [0.1, 0.15) is 11.6 Å². The lowest BCUT2D eigenvalue weighted by Crippen LogP contribution is -2.15. The van der Waals surface area contributed by atoms with Crippen LogP contribution in [-0.2, 0) is 4.74 Å². The zero-order chi connectivity index (χ0) is 20.1. The van der Waals surface area contributed by atoms with Crippen LogP contribution >= 0.6 is 11.6 Å². The maximum absolute atomic E-state index is 13.8. The number of anilines is 3. The van der Waals surface area contributed by atoms with Gasteiger partial charge in [0.15, 0.2) is 0 Å². The van der Waals surface area contributed by atoms with E-state index in [1.165, 1.54) is 31.5 Å². The fraction of sp³-hybridized carbons (Fsp3) is 0.0500. The molecule has 1 amide bonds. The highest BCUT2D eigenvalue weighted by Crippen LogP contribution is 2.23. The van der Waals surface area contributed by atoms with Crippen LogP contribution in [0.15, 0.2) is 60.8 Å². The molecule has 0 unspecified atom stereocenters. The van der Waals surface area contributed by atoms with Crippen LogP contribution in [0.25, 0.3) is 0 Å². The van der Waals surface area contributed by atoms with Gasteiger partial charge in [-0.05, 0) is 36.4 Å². The Labute approximate surface area is 165 Å². The van der Waals surface area contributed by atoms with Gasteiger partial charge in [-0.25, -0.2) is 14.2 Å². The van der Waals surface area contributed by atoms with Crippen LogP contribution in [0.3, 0.4) is 0 Å². The average molecular weight is 400 g/mol. The summed E-state index contributed by atoms with van der Waals surface area (Å²) in [5.74, 6) is -1.67. The molecule has 142 valence electrons. The molecular formula is C20H15ClFN3O3. The molecule has 6 nitrogen and oxygen atoms in total. The Morgan fingerprint density at radius 3 is 2.54 bits per heavy atom. The van der Waals surface area contributed by atoms with E-state index in [0.29, 0.717) is 16.9 Å². The van der Waals surface area contributed by atoms with E-state index in [4.69, 9.17) is 16.3 Å². The minimum atomic E-state index is -0.720. The number of benzene rings is 2. The molecule has 0 bridgehead atoms. The Kier molecular flexibility index (Phi) is 5.86. The topological polar surface area (TPSA) is 80.3 Å². The maximum Gasteiger partial charge on any atom is 0.339 e. The summed E-state index contributed by atoms with van der Waals surface area (Å²) >= 11 is 5.89. The highest BCUT2D eigenvalue weighted by Gasteiger charge is 2.16. The lowest BCUT2D eigenvalue weighted by molar-refractivity contribution is 0.0601. The van der Waals surface area contributed by atoms with Crippen molar-refractivity contribution in [3.8, 4) is 0 Å². The first kappa shape index (κ1) is 19.3. The van der Waals surface area contributed by atoms with Crippen LogP contribution in [0.2, 0.25) is 5.02 Å². The van der Waals surface area contributed by atoms with Crippen LogP contribution in [0, 0.1) is 5.82 Å². The molecule has 0 saturated heterocycles. The molecule has 2 N–H and O–H groups in total. The van der Waals surface area contributed by atoms with Crippen molar-refractivity contribution in [2.75, 3.05) is 17.7 Å². The molecule has 0 aliphatic heterocycles. The van der Waals surface area contributed by atoms with Crippen LogP contribution in [0.1, 0.15) is 20.7 Å². The number of esters is 1. The number of hydrogen-bond acceptors (Lipinski definition) is 5. The van der Waals surface area contributed by atoms with Crippen molar-refractivity contribution in [2.45, 2.75) is 0 Å². The molecule has 2 aromatic carbocycles. The molecular weight excluding hydrogens is 385 g/mol. The zero-order valence-electron chi connectivity index (χ0n) is 14.7. The molecule has 0 radical (unpaired) electrons. The van der Waals surface area contributed by atoms with Crippen molar-refractivity contribution >= 4 is 40.7 Å². The fourth-order valence-corrected chi connectivity index (χ4v) is 2.72. The second-order valence-corrected chi connectivity index (χ2v) is 6.05. The van der Waals surface area contributed by atoms with E-state index in [2.05, 4.69) is 15.6 Å². The van der Waals surface area contributed by atoms with Crippen molar-refractivity contribution < 1.29 is 18.7 Å². The van der Waals surface area contributed by atoms with Crippen LogP contribution in [0.5, 0.6) is 0 Å². The Hall–Kier alpha value is -3.45. The van der Waals surface area contributed by atoms with Crippen molar-refractivity contribution in [1.29, 1.82) is 0 Å². The Morgan fingerprint density at radius 2 is 1.86 bits per heavy atom. The number of pyridine rings is 1. The lowest BCUT2D eigenvalue weighted by Gasteiger charge is -2.11. The number of carbonyl (C=O) groups is 2. The normalized spacial score (nSPS) is 10.2. The van der Waals surface area contributed by atoms with E-state index in [0.717, 1.165) is 6.07 Å². The van der Waals surface area contributed by atoms with Crippen molar-refractivity contribution in [3.05, 3.63) is 82.8 Å². The summed E-state index contributed by atoms with van der Waals surface area (Å²) in [5.41, 5.74) is 1.25. The minimum Gasteiger partial charge on any atom is -0.465 e. The Balaban J connectivity index is 1.74. The molecule has 28 heavy (non-hydrogen) atoms. The van der Waals surface area contributed by atoms with Gasteiger partial charge in [-0.15, -0.1) is 0 Å². The summed E-state index contributed by atoms with van der Waals surface area (Å²) in [5, 5.41) is 5.56. The number of halogens is 2. The van der Waals surface area contributed by atoms with E-state index in [1.54, 1.807) is 30.3 Å². The number of methoxy groups -OCH3 is 1. The van der Waals surface area contributed by atoms with Crippen LogP contribution in [-0.4, -0.2) is 24.0 Å². The molecule has 3 rings (SSSR count). The molecule has 1 heterocycles. The summed E-state index contributed by atoms with van der Waals surface area (Å²) in [4.78, 5) is 28.2. The van der Waals surface area contributed by atoms with Gasteiger partial charge in [-0.3, -0.25) is 4.79 Å². The standard InChI is InChI=1S/C20H15ClFN3O3/c1-28-20(27)13-5-2-3-8-16(13)24-12-9-10-17(23-11-12)25-19(26)18-14(21)6-4-7-15(18)22/h2-11,24H,1H3,(H,23,25,26). The first-order valence-corrected chi connectivity index (χ1v) is 8.53. The molecule has 0 saturated carbocycles. The van der Waals surface area contributed by atoms with E-state index in [1.807, 2.05) is 0 Å². The summed E-state index contributed by atoms with van der Waals surface area (Å²) < 4.78 is 18.6. The largest absolute Gasteiger partial charge is 0.465 e. The van der Waals surface area contributed by atoms with Gasteiger partial charge < -0.3 is 15.4 Å². The highest BCUT2D eigenvalue weighted by atomic mass is 35.5. The SMILES string of the molecule is COC(=O)c1ccccc1Nc1ccc(NC(=O)c2c(F)cccc2Cl)nc1. The van der Waals surface area contributed by atoms with Crippen molar-refractivity contribution in [1.82, 2.24) is 4.98 Å². The molecule has 0 fully saturated rings. The maximum atomic E-state index is 13.8. The summed E-state index contributed by atoms with van der Waals surface area (Å²) in [6.45, 7) is 0.